The molecule has 0 atom stereocenters. The Morgan fingerprint density at radius 3 is 2.37 bits per heavy atom. The molecule has 102 valence electrons. The average molecular weight is 265 g/mol. The highest BCUT2D eigenvalue weighted by Crippen LogP contribution is 2.36. The predicted molar refractivity (Wildman–Crippen MR) is 69.7 cm³/mol. The van der Waals surface area contributed by atoms with Gasteiger partial charge in [-0.2, -0.15) is 4.39 Å². The van der Waals surface area contributed by atoms with E-state index in [1.807, 2.05) is 27.7 Å². The van der Waals surface area contributed by atoms with Gasteiger partial charge in [0.1, 0.15) is 6.29 Å². The quantitative estimate of drug-likeness (QED) is 0.469. The van der Waals surface area contributed by atoms with E-state index in [0.717, 1.165) is 6.29 Å². The summed E-state index contributed by atoms with van der Waals surface area (Å²) in [5.41, 5.74) is -0.0885. The fraction of sp³-hybridized carbons (Fsp3) is 0.538. The summed E-state index contributed by atoms with van der Waals surface area (Å²) in [7, 11) is -0.754. The Morgan fingerprint density at radius 1 is 1.26 bits per heavy atom. The number of pyridine rings is 1. The van der Waals surface area contributed by atoms with E-state index in [4.69, 9.17) is 9.31 Å². The van der Waals surface area contributed by atoms with Gasteiger partial charge in [-0.15, -0.1) is 0 Å². The molecule has 0 aromatic carbocycles. The Kier molecular flexibility index (Phi) is 3.49. The maximum absolute atomic E-state index is 13.3. The van der Waals surface area contributed by atoms with Gasteiger partial charge in [-0.05, 0) is 39.3 Å². The first-order valence-electron chi connectivity index (χ1n) is 6.21. The maximum Gasteiger partial charge on any atom is 0.514 e. The van der Waals surface area contributed by atoms with Gasteiger partial charge in [0.05, 0.1) is 16.8 Å². The molecule has 0 unspecified atom stereocenters. The van der Waals surface area contributed by atoms with Crippen LogP contribution in [0.3, 0.4) is 0 Å². The van der Waals surface area contributed by atoms with Crippen molar-refractivity contribution in [1.82, 2.24) is 4.98 Å². The number of carbonyl (C=O) groups excluding carboxylic acids is 1. The second-order valence-electron chi connectivity index (χ2n) is 5.64. The fourth-order valence-electron chi connectivity index (χ4n) is 1.90. The topological polar surface area (TPSA) is 48.4 Å². The largest absolute Gasteiger partial charge is 0.514 e. The minimum atomic E-state index is -0.754. The molecule has 1 aliphatic heterocycles. The van der Waals surface area contributed by atoms with Crippen LogP contribution in [0, 0.1) is 5.95 Å². The Balaban J connectivity index is 2.38. The van der Waals surface area contributed by atoms with Gasteiger partial charge in [-0.25, -0.2) is 4.98 Å². The minimum absolute atomic E-state index is 0.159. The number of hydrogen-bond donors (Lipinski definition) is 0. The van der Waals surface area contributed by atoms with Crippen LogP contribution < -0.4 is 5.59 Å². The lowest BCUT2D eigenvalue weighted by Gasteiger charge is -2.32. The molecular weight excluding hydrogens is 248 g/mol. The summed E-state index contributed by atoms with van der Waals surface area (Å²) in [4.78, 5) is 14.5. The lowest BCUT2D eigenvalue weighted by atomic mass is 9.80. The first kappa shape index (κ1) is 14.2. The van der Waals surface area contributed by atoms with E-state index in [1.165, 1.54) is 12.1 Å². The Bertz CT molecular complexity index is 489. The Hall–Kier alpha value is -1.27. The predicted octanol–water partition coefficient (Wildman–Crippen LogP) is 1.26. The molecule has 1 fully saturated rings. The molecule has 2 rings (SSSR count). The number of rotatable bonds is 3. The minimum Gasteiger partial charge on any atom is -0.398 e. The molecule has 0 spiro atoms. The molecule has 0 aliphatic carbocycles. The summed E-state index contributed by atoms with van der Waals surface area (Å²) in [6.45, 7) is 7.63. The van der Waals surface area contributed by atoms with E-state index < -0.39 is 24.3 Å². The van der Waals surface area contributed by atoms with Crippen molar-refractivity contribution in [3.63, 3.8) is 0 Å². The van der Waals surface area contributed by atoms with Gasteiger partial charge in [-0.1, -0.05) is 6.07 Å². The van der Waals surface area contributed by atoms with Gasteiger partial charge < -0.3 is 14.1 Å². The van der Waals surface area contributed by atoms with Crippen molar-refractivity contribution in [2.45, 2.75) is 45.3 Å². The lowest BCUT2D eigenvalue weighted by Crippen LogP contribution is -2.41. The van der Waals surface area contributed by atoms with Gasteiger partial charge >= 0.3 is 7.12 Å². The zero-order valence-corrected chi connectivity index (χ0v) is 11.6. The summed E-state index contributed by atoms with van der Waals surface area (Å²) in [5.74, 6) is -0.612. The van der Waals surface area contributed by atoms with Gasteiger partial charge in [-0.3, -0.25) is 0 Å². The summed E-state index contributed by atoms with van der Waals surface area (Å²) in [6, 6.07) is 2.77. The van der Waals surface area contributed by atoms with Crippen molar-refractivity contribution in [3.05, 3.63) is 23.6 Å². The van der Waals surface area contributed by atoms with Crippen molar-refractivity contribution >= 4 is 19.0 Å². The van der Waals surface area contributed by atoms with Crippen LogP contribution in [0.4, 0.5) is 4.39 Å². The van der Waals surface area contributed by atoms with E-state index in [2.05, 4.69) is 4.98 Å². The molecule has 1 aromatic rings. The van der Waals surface area contributed by atoms with Gasteiger partial charge in [0.15, 0.2) is 0 Å². The van der Waals surface area contributed by atoms with Crippen LogP contribution in [0.5, 0.6) is 0 Å². The monoisotopic (exact) mass is 265 g/mol. The Labute approximate surface area is 112 Å². The lowest BCUT2D eigenvalue weighted by molar-refractivity contribution is -0.107. The number of nitrogens with zero attached hydrogens (tertiary/aromatic N) is 1. The van der Waals surface area contributed by atoms with Gasteiger partial charge in [0.2, 0.25) is 5.95 Å². The first-order valence-corrected chi connectivity index (χ1v) is 6.21. The third-order valence-corrected chi connectivity index (χ3v) is 3.76. The molecule has 6 heteroatoms. The maximum atomic E-state index is 13.3. The SMILES string of the molecule is CC1(C)OB(c2nc(F)ccc2CC=O)OC1(C)C. The number of hydrogen-bond acceptors (Lipinski definition) is 4. The number of aromatic nitrogens is 1. The number of aldehydes is 1. The molecular formula is C13H17BFNO3. The Morgan fingerprint density at radius 2 is 1.84 bits per heavy atom. The van der Waals surface area contributed by atoms with Crippen LogP contribution >= 0.6 is 0 Å². The molecule has 1 saturated heterocycles. The second kappa shape index (κ2) is 4.69. The van der Waals surface area contributed by atoms with Crippen LogP contribution in [0.1, 0.15) is 33.3 Å². The van der Waals surface area contributed by atoms with Crippen LogP contribution in [0.2, 0.25) is 0 Å². The van der Waals surface area contributed by atoms with Crippen LogP contribution in [-0.2, 0) is 20.5 Å². The second-order valence-corrected chi connectivity index (χ2v) is 5.64. The van der Waals surface area contributed by atoms with E-state index in [9.17, 15) is 9.18 Å². The normalized spacial score (nSPS) is 20.6. The summed E-state index contributed by atoms with van der Waals surface area (Å²) in [6.07, 6.45) is 0.913. The van der Waals surface area contributed by atoms with Crippen molar-refractivity contribution in [1.29, 1.82) is 0 Å². The summed E-state index contributed by atoms with van der Waals surface area (Å²) < 4.78 is 25.0. The molecule has 0 radical (unpaired) electrons. The van der Waals surface area contributed by atoms with Crippen molar-refractivity contribution in [2.24, 2.45) is 0 Å². The molecule has 1 aliphatic rings. The first-order chi connectivity index (χ1) is 8.77. The van der Waals surface area contributed by atoms with Crippen LogP contribution in [0.25, 0.3) is 0 Å². The van der Waals surface area contributed by atoms with Crippen LogP contribution in [0.15, 0.2) is 12.1 Å². The standard InChI is InChI=1S/C13H17BFNO3/c1-12(2)13(3,4)19-14(18-12)11-9(7-8-17)5-6-10(15)16-11/h5-6,8H,7H2,1-4H3. The fourth-order valence-corrected chi connectivity index (χ4v) is 1.90. The third-order valence-electron chi connectivity index (χ3n) is 3.76. The average Bonchev–Trinajstić information content (AvgIpc) is 2.51. The number of halogens is 1. The molecule has 0 amide bonds. The smallest absolute Gasteiger partial charge is 0.398 e. The van der Waals surface area contributed by atoms with E-state index in [0.29, 0.717) is 11.2 Å². The zero-order chi connectivity index (χ0) is 14.3. The van der Waals surface area contributed by atoms with Crippen LogP contribution in [-0.4, -0.2) is 29.6 Å². The highest BCUT2D eigenvalue weighted by molar-refractivity contribution is 6.61. The van der Waals surface area contributed by atoms with E-state index in [-0.39, 0.29) is 6.42 Å². The number of carbonyl (C=O) groups is 1. The van der Waals surface area contributed by atoms with Crippen molar-refractivity contribution in [3.8, 4) is 0 Å². The highest BCUT2D eigenvalue weighted by atomic mass is 19.1. The summed E-state index contributed by atoms with van der Waals surface area (Å²) in [5, 5.41) is 0. The van der Waals surface area contributed by atoms with Crippen molar-refractivity contribution < 1.29 is 18.5 Å². The highest BCUT2D eigenvalue weighted by Gasteiger charge is 2.52. The molecule has 0 bridgehead atoms. The van der Waals surface area contributed by atoms with E-state index in [1.54, 1.807) is 0 Å². The zero-order valence-electron chi connectivity index (χ0n) is 11.6. The van der Waals surface area contributed by atoms with Gasteiger partial charge in [0.25, 0.3) is 0 Å². The summed E-state index contributed by atoms with van der Waals surface area (Å²) >= 11 is 0. The van der Waals surface area contributed by atoms with Crippen molar-refractivity contribution in [2.75, 3.05) is 0 Å². The molecule has 0 saturated carbocycles. The molecule has 0 N–H and O–H groups in total. The van der Waals surface area contributed by atoms with E-state index >= 15 is 0 Å². The molecule has 19 heavy (non-hydrogen) atoms. The van der Waals surface area contributed by atoms with Gasteiger partial charge in [0, 0.05) is 6.42 Å². The molecule has 2 heterocycles. The molecule has 4 nitrogen and oxygen atoms in total. The molecule has 1 aromatic heterocycles. The third kappa shape index (κ3) is 2.55.